The highest BCUT2D eigenvalue weighted by Gasteiger charge is 2.17. The predicted octanol–water partition coefficient (Wildman–Crippen LogP) is 3.43. The molecule has 0 amide bonds. The van der Waals surface area contributed by atoms with Crippen molar-refractivity contribution in [2.24, 2.45) is 11.8 Å². The second kappa shape index (κ2) is 6.22. The van der Waals surface area contributed by atoms with Crippen LogP contribution in [-0.2, 0) is 4.79 Å². The molecule has 12 heavy (non-hydrogen) atoms. The van der Waals surface area contributed by atoms with Crippen molar-refractivity contribution in [1.82, 2.24) is 0 Å². The molecule has 72 valence electrons. The van der Waals surface area contributed by atoms with Crippen LogP contribution in [0.5, 0.6) is 0 Å². The summed E-state index contributed by atoms with van der Waals surface area (Å²) in [4.78, 5) is 11.3. The molecule has 0 radical (unpaired) electrons. The van der Waals surface area contributed by atoms with Gasteiger partial charge in [0, 0.05) is 12.3 Å². The molecule has 0 aliphatic heterocycles. The second-order valence-electron chi connectivity index (χ2n) is 3.73. The van der Waals surface area contributed by atoms with Crippen LogP contribution in [0.3, 0.4) is 0 Å². The highest BCUT2D eigenvalue weighted by molar-refractivity contribution is 5.80. The summed E-state index contributed by atoms with van der Waals surface area (Å²) in [5.74, 6) is 1.25. The summed E-state index contributed by atoms with van der Waals surface area (Å²) in [6, 6.07) is 0. The smallest absolute Gasteiger partial charge is 0.135 e. The van der Waals surface area contributed by atoms with E-state index in [1.165, 1.54) is 19.3 Å². The summed E-state index contributed by atoms with van der Waals surface area (Å²) in [5, 5.41) is 0. The Balaban J connectivity index is 3.75. The minimum Gasteiger partial charge on any atom is -0.299 e. The van der Waals surface area contributed by atoms with Crippen LogP contribution in [0.1, 0.15) is 53.4 Å². The molecule has 2 unspecified atom stereocenters. The van der Waals surface area contributed by atoms with Gasteiger partial charge in [0.1, 0.15) is 5.78 Å². The lowest BCUT2D eigenvalue weighted by atomic mass is 9.87. The summed E-state index contributed by atoms with van der Waals surface area (Å²) in [5.41, 5.74) is 0. The maximum absolute atomic E-state index is 11.3. The number of hydrogen-bond acceptors (Lipinski definition) is 1. The average molecular weight is 170 g/mol. The van der Waals surface area contributed by atoms with E-state index in [0.29, 0.717) is 18.1 Å². The summed E-state index contributed by atoms with van der Waals surface area (Å²) in [7, 11) is 0. The largest absolute Gasteiger partial charge is 0.299 e. The van der Waals surface area contributed by atoms with Crippen molar-refractivity contribution in [2.75, 3.05) is 0 Å². The van der Waals surface area contributed by atoms with Gasteiger partial charge in [0.25, 0.3) is 0 Å². The Hall–Kier alpha value is -0.330. The SMILES string of the molecule is CCCCC(C)C(C)C(=O)CC. The molecule has 0 aromatic carbocycles. The maximum atomic E-state index is 11.3. The van der Waals surface area contributed by atoms with E-state index in [1.54, 1.807) is 0 Å². The Bertz CT molecular complexity index is 129. The van der Waals surface area contributed by atoms with Crippen LogP contribution < -0.4 is 0 Å². The number of rotatable bonds is 6. The zero-order valence-corrected chi connectivity index (χ0v) is 8.89. The summed E-state index contributed by atoms with van der Waals surface area (Å²) in [6.07, 6.45) is 4.38. The van der Waals surface area contributed by atoms with Gasteiger partial charge in [-0.1, -0.05) is 47.0 Å². The molecule has 0 aliphatic rings. The van der Waals surface area contributed by atoms with E-state index in [2.05, 4.69) is 20.8 Å². The predicted molar refractivity (Wildman–Crippen MR) is 53.2 cm³/mol. The second-order valence-corrected chi connectivity index (χ2v) is 3.73. The molecule has 0 N–H and O–H groups in total. The molecule has 0 spiro atoms. The summed E-state index contributed by atoms with van der Waals surface area (Å²) < 4.78 is 0. The van der Waals surface area contributed by atoms with E-state index < -0.39 is 0 Å². The molecular weight excluding hydrogens is 148 g/mol. The molecule has 0 aromatic rings. The van der Waals surface area contributed by atoms with Crippen molar-refractivity contribution < 1.29 is 4.79 Å². The molecule has 0 heterocycles. The minimum absolute atomic E-state index is 0.265. The first-order chi connectivity index (χ1) is 5.63. The van der Waals surface area contributed by atoms with Gasteiger partial charge >= 0.3 is 0 Å². The molecule has 0 aliphatic carbocycles. The van der Waals surface area contributed by atoms with Crippen molar-refractivity contribution in [3.05, 3.63) is 0 Å². The lowest BCUT2D eigenvalue weighted by Crippen LogP contribution is -2.17. The maximum Gasteiger partial charge on any atom is 0.135 e. The Morgan fingerprint density at radius 2 is 1.83 bits per heavy atom. The van der Waals surface area contributed by atoms with E-state index >= 15 is 0 Å². The standard InChI is InChI=1S/C11H22O/c1-5-7-8-9(3)10(4)11(12)6-2/h9-10H,5-8H2,1-4H3. The summed E-state index contributed by atoms with van der Waals surface area (Å²) in [6.45, 7) is 8.39. The van der Waals surface area contributed by atoms with E-state index in [9.17, 15) is 4.79 Å². The topological polar surface area (TPSA) is 17.1 Å². The fraction of sp³-hybridized carbons (Fsp3) is 0.909. The molecule has 0 fully saturated rings. The van der Waals surface area contributed by atoms with E-state index in [4.69, 9.17) is 0 Å². The Kier molecular flexibility index (Phi) is 6.04. The fourth-order valence-corrected chi connectivity index (χ4v) is 1.42. The third-order valence-electron chi connectivity index (χ3n) is 2.72. The van der Waals surface area contributed by atoms with Gasteiger partial charge in [-0.25, -0.2) is 0 Å². The number of Topliss-reactive ketones (excluding diaryl/α,β-unsaturated/α-hetero) is 1. The molecule has 2 atom stereocenters. The number of hydrogen-bond donors (Lipinski definition) is 0. The third-order valence-corrected chi connectivity index (χ3v) is 2.72. The third kappa shape index (κ3) is 3.89. The molecule has 0 rings (SSSR count). The zero-order chi connectivity index (χ0) is 9.56. The van der Waals surface area contributed by atoms with Crippen LogP contribution in [0.4, 0.5) is 0 Å². The number of ketones is 1. The van der Waals surface area contributed by atoms with E-state index in [1.807, 2.05) is 6.92 Å². The van der Waals surface area contributed by atoms with Crippen molar-refractivity contribution in [3.63, 3.8) is 0 Å². The molecule has 1 heteroatoms. The lowest BCUT2D eigenvalue weighted by Gasteiger charge is -2.17. The van der Waals surface area contributed by atoms with Crippen molar-refractivity contribution in [3.8, 4) is 0 Å². The first-order valence-corrected chi connectivity index (χ1v) is 5.16. The van der Waals surface area contributed by atoms with Gasteiger partial charge in [-0.15, -0.1) is 0 Å². The van der Waals surface area contributed by atoms with Crippen LogP contribution in [0.25, 0.3) is 0 Å². The van der Waals surface area contributed by atoms with Gasteiger partial charge in [0.2, 0.25) is 0 Å². The quantitative estimate of drug-likeness (QED) is 0.597. The molecular formula is C11H22O. The zero-order valence-electron chi connectivity index (χ0n) is 8.89. The molecule has 0 saturated heterocycles. The molecule has 1 nitrogen and oxygen atoms in total. The minimum atomic E-state index is 0.265. The summed E-state index contributed by atoms with van der Waals surface area (Å²) >= 11 is 0. The Labute approximate surface area is 76.6 Å². The highest BCUT2D eigenvalue weighted by Crippen LogP contribution is 2.19. The Morgan fingerprint density at radius 3 is 2.25 bits per heavy atom. The van der Waals surface area contributed by atoms with Crippen molar-refractivity contribution in [1.29, 1.82) is 0 Å². The van der Waals surface area contributed by atoms with E-state index in [0.717, 1.165) is 0 Å². The number of carbonyl (C=O) groups excluding carboxylic acids is 1. The fourth-order valence-electron chi connectivity index (χ4n) is 1.42. The van der Waals surface area contributed by atoms with Crippen molar-refractivity contribution in [2.45, 2.75) is 53.4 Å². The van der Waals surface area contributed by atoms with Crippen LogP contribution in [-0.4, -0.2) is 5.78 Å². The normalized spacial score (nSPS) is 15.7. The first kappa shape index (κ1) is 11.7. The van der Waals surface area contributed by atoms with Crippen molar-refractivity contribution >= 4 is 5.78 Å². The van der Waals surface area contributed by atoms with Crippen LogP contribution in [0.2, 0.25) is 0 Å². The number of carbonyl (C=O) groups is 1. The van der Waals surface area contributed by atoms with Crippen LogP contribution in [0.15, 0.2) is 0 Å². The van der Waals surface area contributed by atoms with Gasteiger partial charge in [-0.2, -0.15) is 0 Å². The van der Waals surface area contributed by atoms with Crippen LogP contribution >= 0.6 is 0 Å². The Morgan fingerprint density at radius 1 is 1.25 bits per heavy atom. The average Bonchev–Trinajstić information content (AvgIpc) is 2.11. The lowest BCUT2D eigenvalue weighted by molar-refractivity contribution is -0.123. The van der Waals surface area contributed by atoms with Gasteiger partial charge < -0.3 is 0 Å². The van der Waals surface area contributed by atoms with Gasteiger partial charge in [-0.3, -0.25) is 4.79 Å². The van der Waals surface area contributed by atoms with Gasteiger partial charge in [-0.05, 0) is 5.92 Å². The first-order valence-electron chi connectivity index (χ1n) is 5.16. The molecule has 0 bridgehead atoms. The van der Waals surface area contributed by atoms with Gasteiger partial charge in [0.05, 0.1) is 0 Å². The van der Waals surface area contributed by atoms with E-state index in [-0.39, 0.29) is 5.92 Å². The molecule has 0 saturated carbocycles. The van der Waals surface area contributed by atoms with Crippen LogP contribution in [0, 0.1) is 11.8 Å². The monoisotopic (exact) mass is 170 g/mol. The molecule has 0 aromatic heterocycles. The van der Waals surface area contributed by atoms with Gasteiger partial charge in [0.15, 0.2) is 0 Å². The number of unbranched alkanes of at least 4 members (excludes halogenated alkanes) is 1. The highest BCUT2D eigenvalue weighted by atomic mass is 16.1.